The predicted octanol–water partition coefficient (Wildman–Crippen LogP) is 1.00. The fourth-order valence-corrected chi connectivity index (χ4v) is 8.04. The number of para-hydroxylation sites is 1. The molecule has 0 radical (unpaired) electrons. The lowest BCUT2D eigenvalue weighted by molar-refractivity contribution is -0.240. The summed E-state index contributed by atoms with van der Waals surface area (Å²) in [4.78, 5) is 108. The van der Waals surface area contributed by atoms with Crippen molar-refractivity contribution in [3.05, 3.63) is 30.3 Å². The number of H-pyrrole nitrogens is 1. The molecule has 0 aliphatic carbocycles. The molecule has 2 aliphatic rings. The number of thioether (sulfide) groups is 1. The molecule has 61 heavy (non-hydrogen) atoms. The number of carbonyl (C=O) groups excluding carboxylic acids is 8. The van der Waals surface area contributed by atoms with E-state index in [1.165, 1.54) is 18.5 Å². The highest BCUT2D eigenvalue weighted by atomic mass is 32.2. The van der Waals surface area contributed by atoms with Gasteiger partial charge in [-0.05, 0) is 12.1 Å². The summed E-state index contributed by atoms with van der Waals surface area (Å²) >= 11 is 0.809. The summed E-state index contributed by atoms with van der Waals surface area (Å²) in [5.41, 5.74) is -0.177. The first-order valence-electron chi connectivity index (χ1n) is 18.8. The molecule has 1 aromatic carbocycles. The lowest BCUT2D eigenvalue weighted by Crippen LogP contribution is -2.65. The first-order valence-corrected chi connectivity index (χ1v) is 19.7. The standard InChI is InChI=1S/C38H46N6O16S/c1-16(45)39-29-33(57-22(7)51)31(55-20(5)49)27(14-53-18(3)47)59-36(29)44-38(42-35(43-44)26-13-24-11-9-10-12-25(24)41-26)61-37-30(40-17(2)46)34(58-23(8)52)32(56-21(6)50)28(60-37)15-54-19(4)48/h9-13,27-34,36-37,41H,14-15H2,1-8H3,(H,39,45)(H,40,46)/t27-,28-,29-,30-,31-,32-,33-,34-,36-,37+/m1/s1. The number of hydrogen-bond donors (Lipinski definition) is 3. The Morgan fingerprint density at radius 2 is 1.16 bits per heavy atom. The van der Waals surface area contributed by atoms with Crippen LogP contribution in [-0.4, -0.2) is 135 Å². The number of esters is 6. The van der Waals surface area contributed by atoms with Crippen molar-refractivity contribution in [2.24, 2.45) is 0 Å². The molecule has 2 fully saturated rings. The zero-order valence-electron chi connectivity index (χ0n) is 34.4. The number of carbonyl (C=O) groups is 8. The molecule has 2 amide bonds. The minimum Gasteiger partial charge on any atom is -0.463 e. The number of aromatic amines is 1. The predicted molar refractivity (Wildman–Crippen MR) is 206 cm³/mol. The van der Waals surface area contributed by atoms with Crippen molar-refractivity contribution >= 4 is 70.3 Å². The molecule has 2 aliphatic heterocycles. The van der Waals surface area contributed by atoms with Gasteiger partial charge in [0.2, 0.25) is 11.8 Å². The quantitative estimate of drug-likeness (QED) is 0.150. The van der Waals surface area contributed by atoms with E-state index in [-0.39, 0.29) is 11.0 Å². The highest BCUT2D eigenvalue weighted by molar-refractivity contribution is 7.99. The molecule has 3 N–H and O–H groups in total. The minimum atomic E-state index is -1.49. The summed E-state index contributed by atoms with van der Waals surface area (Å²) in [6.45, 7) is 8.08. The van der Waals surface area contributed by atoms with Crippen LogP contribution < -0.4 is 10.6 Å². The third-order valence-electron chi connectivity index (χ3n) is 9.00. The van der Waals surface area contributed by atoms with Gasteiger partial charge in [-0.2, -0.15) is 4.98 Å². The van der Waals surface area contributed by atoms with Gasteiger partial charge in [0.25, 0.3) is 0 Å². The van der Waals surface area contributed by atoms with Crippen LogP contribution in [0.15, 0.2) is 35.5 Å². The zero-order chi connectivity index (χ0) is 44.7. The maximum absolute atomic E-state index is 12.9. The molecule has 5 rings (SSSR count). The first kappa shape index (κ1) is 46.0. The number of aromatic nitrogens is 4. The lowest BCUT2D eigenvalue weighted by Gasteiger charge is -2.46. The average Bonchev–Trinajstić information content (AvgIpc) is 3.77. The van der Waals surface area contributed by atoms with Gasteiger partial charge in [0.15, 0.2) is 41.6 Å². The van der Waals surface area contributed by atoms with Crippen LogP contribution in [0.4, 0.5) is 0 Å². The smallest absolute Gasteiger partial charge is 0.303 e. The number of hydrogen-bond acceptors (Lipinski definition) is 19. The average molecular weight is 875 g/mol. The lowest BCUT2D eigenvalue weighted by atomic mass is 9.95. The zero-order valence-corrected chi connectivity index (χ0v) is 35.2. The van der Waals surface area contributed by atoms with E-state index in [2.05, 4.69) is 15.6 Å². The fraction of sp³-hybridized carbons (Fsp3) is 0.526. The van der Waals surface area contributed by atoms with Crippen LogP contribution in [0.25, 0.3) is 22.4 Å². The van der Waals surface area contributed by atoms with E-state index < -0.39 is 121 Å². The third kappa shape index (κ3) is 11.8. The Labute approximate surface area is 352 Å². The monoisotopic (exact) mass is 874 g/mol. The van der Waals surface area contributed by atoms with Crippen molar-refractivity contribution in [1.82, 2.24) is 30.4 Å². The molecule has 330 valence electrons. The Bertz CT molecular complexity index is 2120. The fourth-order valence-electron chi connectivity index (χ4n) is 6.88. The Morgan fingerprint density at radius 3 is 1.67 bits per heavy atom. The van der Waals surface area contributed by atoms with Gasteiger partial charge in [-0.1, -0.05) is 30.0 Å². The first-order chi connectivity index (χ1) is 28.8. The van der Waals surface area contributed by atoms with Crippen molar-refractivity contribution in [2.45, 2.75) is 121 Å². The Hall–Kier alpha value is -6.07. The van der Waals surface area contributed by atoms with Crippen LogP contribution in [0.5, 0.6) is 0 Å². The Balaban J connectivity index is 1.72. The molecule has 3 aromatic rings. The molecular formula is C38H46N6O16S. The van der Waals surface area contributed by atoms with Crippen LogP contribution >= 0.6 is 11.8 Å². The molecule has 22 nitrogen and oxygen atoms in total. The summed E-state index contributed by atoms with van der Waals surface area (Å²) in [5, 5.41) is 11.0. The number of nitrogens with zero attached hydrogens (tertiary/aromatic N) is 3. The van der Waals surface area contributed by atoms with Gasteiger partial charge in [0.05, 0.1) is 5.69 Å². The molecule has 2 saturated heterocycles. The molecular weight excluding hydrogens is 829 g/mol. The van der Waals surface area contributed by atoms with Crippen LogP contribution in [0.2, 0.25) is 0 Å². The SMILES string of the molecule is CC(=O)N[C@@H]1[C@@H](OC(C)=O)[C@H](OC(C)=O)[C@@H](COC(C)=O)O[C@H]1n1nc(-c2cc3ccccc3[nH]2)nc1S[C@@H]1O[C@H](COC(C)=O)[C@@H](OC(C)=O)[C@H](OC(C)=O)[C@H]1NC(C)=O. The molecule has 0 saturated carbocycles. The summed E-state index contributed by atoms with van der Waals surface area (Å²) in [7, 11) is 0. The molecule has 0 bridgehead atoms. The van der Waals surface area contributed by atoms with Crippen molar-refractivity contribution in [3.63, 3.8) is 0 Å². The number of fused-ring (bicyclic) bond motifs is 1. The van der Waals surface area contributed by atoms with Gasteiger partial charge in [-0.25, -0.2) is 4.68 Å². The summed E-state index contributed by atoms with van der Waals surface area (Å²) in [6.07, 6.45) is -9.85. The number of ether oxygens (including phenoxy) is 8. The number of rotatable bonds is 14. The normalized spacial score (nSPS) is 26.0. The summed E-state index contributed by atoms with van der Waals surface area (Å²) < 4.78 is 47.2. The molecule has 2 aromatic heterocycles. The van der Waals surface area contributed by atoms with E-state index in [0.29, 0.717) is 5.69 Å². The van der Waals surface area contributed by atoms with Gasteiger partial charge in [0, 0.05) is 66.3 Å². The molecule has 10 atom stereocenters. The summed E-state index contributed by atoms with van der Waals surface area (Å²) in [5.74, 6) is -5.86. The van der Waals surface area contributed by atoms with Crippen molar-refractivity contribution in [3.8, 4) is 11.5 Å². The van der Waals surface area contributed by atoms with E-state index in [1.807, 2.05) is 24.3 Å². The number of amides is 2. The Morgan fingerprint density at radius 1 is 0.672 bits per heavy atom. The van der Waals surface area contributed by atoms with Gasteiger partial charge in [0.1, 0.15) is 42.9 Å². The van der Waals surface area contributed by atoms with E-state index in [4.69, 9.17) is 48.0 Å². The van der Waals surface area contributed by atoms with Crippen molar-refractivity contribution in [2.75, 3.05) is 13.2 Å². The van der Waals surface area contributed by atoms with E-state index in [0.717, 1.165) is 64.2 Å². The second-order valence-electron chi connectivity index (χ2n) is 14.0. The molecule has 4 heterocycles. The molecule has 23 heteroatoms. The van der Waals surface area contributed by atoms with Crippen molar-refractivity contribution < 1.29 is 76.3 Å². The summed E-state index contributed by atoms with van der Waals surface area (Å²) in [6, 6.07) is 6.42. The number of benzene rings is 1. The van der Waals surface area contributed by atoms with E-state index in [9.17, 15) is 38.4 Å². The van der Waals surface area contributed by atoms with Gasteiger partial charge in [-0.3, -0.25) is 38.4 Å². The van der Waals surface area contributed by atoms with Gasteiger partial charge < -0.3 is 53.5 Å². The van der Waals surface area contributed by atoms with Crippen molar-refractivity contribution in [1.29, 1.82) is 0 Å². The minimum absolute atomic E-state index is 0.0492. The highest BCUT2D eigenvalue weighted by Gasteiger charge is 2.54. The van der Waals surface area contributed by atoms with Gasteiger partial charge >= 0.3 is 35.8 Å². The maximum atomic E-state index is 12.9. The van der Waals surface area contributed by atoms with Crippen LogP contribution in [0.3, 0.4) is 0 Å². The second-order valence-corrected chi connectivity index (χ2v) is 15.1. The second kappa shape index (κ2) is 20.0. The molecule has 0 unspecified atom stereocenters. The third-order valence-corrected chi connectivity index (χ3v) is 10.1. The highest BCUT2D eigenvalue weighted by Crippen LogP contribution is 2.40. The Kier molecular flexibility index (Phi) is 15.1. The number of nitrogens with one attached hydrogen (secondary N) is 3. The van der Waals surface area contributed by atoms with Crippen LogP contribution in [-0.2, 0) is 76.3 Å². The van der Waals surface area contributed by atoms with E-state index in [1.54, 1.807) is 6.07 Å². The van der Waals surface area contributed by atoms with E-state index >= 15 is 0 Å². The van der Waals surface area contributed by atoms with Gasteiger partial charge in [-0.15, -0.1) is 5.10 Å². The maximum Gasteiger partial charge on any atom is 0.303 e. The van der Waals surface area contributed by atoms with Crippen LogP contribution in [0, 0.1) is 0 Å². The largest absolute Gasteiger partial charge is 0.463 e. The van der Waals surface area contributed by atoms with Crippen LogP contribution in [0.1, 0.15) is 61.6 Å². The topological polar surface area (TPSA) is 281 Å². The molecule has 0 spiro atoms.